The average molecular weight is 416 g/mol. The fourth-order valence-electron chi connectivity index (χ4n) is 4.68. The lowest BCUT2D eigenvalue weighted by molar-refractivity contribution is -0.118. The summed E-state index contributed by atoms with van der Waals surface area (Å²) in [6.07, 6.45) is 2.98. The molecule has 2 heterocycles. The van der Waals surface area contributed by atoms with E-state index >= 15 is 0 Å². The van der Waals surface area contributed by atoms with Crippen LogP contribution in [0.4, 0.5) is 5.82 Å². The maximum absolute atomic E-state index is 13.5. The number of aryl methyl sites for hydroxylation is 2. The van der Waals surface area contributed by atoms with E-state index in [1.165, 1.54) is 0 Å². The number of benzene rings is 1. The minimum Gasteiger partial charge on any atom is -0.362 e. The number of hydrogen-bond acceptors (Lipinski definition) is 4. The highest BCUT2D eigenvalue weighted by Gasteiger charge is 2.43. The summed E-state index contributed by atoms with van der Waals surface area (Å²) in [7, 11) is 0. The molecule has 31 heavy (non-hydrogen) atoms. The second kappa shape index (κ2) is 7.80. The Kier molecular flexibility index (Phi) is 5.29. The van der Waals surface area contributed by atoms with Crippen molar-refractivity contribution in [2.45, 2.75) is 53.4 Å². The highest BCUT2D eigenvalue weighted by atomic mass is 16.2. The molecule has 1 aromatic carbocycles. The Morgan fingerprint density at radius 2 is 1.84 bits per heavy atom. The van der Waals surface area contributed by atoms with Crippen LogP contribution in [0.3, 0.4) is 0 Å². The number of aromatic nitrogens is 1. The van der Waals surface area contributed by atoms with E-state index in [4.69, 9.17) is 0 Å². The van der Waals surface area contributed by atoms with Gasteiger partial charge in [0.25, 0.3) is 5.91 Å². The highest BCUT2D eigenvalue weighted by molar-refractivity contribution is 6.09. The van der Waals surface area contributed by atoms with E-state index in [0.717, 1.165) is 40.1 Å². The van der Waals surface area contributed by atoms with Crippen molar-refractivity contribution < 1.29 is 9.59 Å². The lowest BCUT2D eigenvalue weighted by Gasteiger charge is -2.40. The van der Waals surface area contributed by atoms with Gasteiger partial charge in [0, 0.05) is 41.1 Å². The Labute approximate surface area is 183 Å². The van der Waals surface area contributed by atoms with E-state index in [0.29, 0.717) is 17.8 Å². The zero-order valence-electron chi connectivity index (χ0n) is 18.8. The Morgan fingerprint density at radius 3 is 2.52 bits per heavy atom. The van der Waals surface area contributed by atoms with Crippen molar-refractivity contribution in [2.75, 3.05) is 5.32 Å². The number of carbonyl (C=O) groups excluding carboxylic acids is 2. The molecule has 0 radical (unpaired) electrons. The molecule has 0 spiro atoms. The van der Waals surface area contributed by atoms with Crippen molar-refractivity contribution in [3.8, 4) is 0 Å². The highest BCUT2D eigenvalue weighted by Crippen LogP contribution is 2.47. The van der Waals surface area contributed by atoms with E-state index in [-0.39, 0.29) is 17.1 Å². The van der Waals surface area contributed by atoms with Gasteiger partial charge in [0.1, 0.15) is 5.82 Å². The molecule has 2 aromatic rings. The minimum absolute atomic E-state index is 0.106. The van der Waals surface area contributed by atoms with Crippen LogP contribution in [-0.4, -0.2) is 16.7 Å². The van der Waals surface area contributed by atoms with Gasteiger partial charge in [0.15, 0.2) is 5.78 Å². The van der Waals surface area contributed by atoms with Gasteiger partial charge in [-0.1, -0.05) is 44.2 Å². The molecule has 160 valence electrons. The zero-order chi connectivity index (χ0) is 22.3. The number of rotatable bonds is 3. The van der Waals surface area contributed by atoms with Gasteiger partial charge in [0.2, 0.25) is 0 Å². The van der Waals surface area contributed by atoms with Crippen LogP contribution < -0.4 is 10.6 Å². The molecule has 0 fully saturated rings. The van der Waals surface area contributed by atoms with Crippen LogP contribution in [0.5, 0.6) is 0 Å². The number of amides is 1. The Bertz CT molecular complexity index is 1120. The van der Waals surface area contributed by atoms with Crippen molar-refractivity contribution in [1.29, 1.82) is 0 Å². The summed E-state index contributed by atoms with van der Waals surface area (Å²) in [5.74, 6) is -0.0288. The van der Waals surface area contributed by atoms with E-state index in [1.54, 1.807) is 12.3 Å². The number of nitrogens with zero attached hydrogens (tertiary/aromatic N) is 1. The third kappa shape index (κ3) is 4.05. The zero-order valence-corrected chi connectivity index (χ0v) is 18.8. The molecule has 5 heteroatoms. The molecule has 0 saturated heterocycles. The Hall–Kier alpha value is -3.21. The topological polar surface area (TPSA) is 71.1 Å². The van der Waals surface area contributed by atoms with Crippen molar-refractivity contribution in [3.63, 3.8) is 0 Å². The van der Waals surface area contributed by atoms with E-state index in [2.05, 4.69) is 29.5 Å². The number of hydrogen-bond donors (Lipinski definition) is 2. The molecule has 1 aliphatic heterocycles. The maximum Gasteiger partial charge on any atom is 0.255 e. The van der Waals surface area contributed by atoms with Gasteiger partial charge in [-0.15, -0.1) is 0 Å². The Morgan fingerprint density at radius 1 is 1.10 bits per heavy atom. The van der Waals surface area contributed by atoms with Gasteiger partial charge < -0.3 is 10.6 Å². The molecule has 4 rings (SSSR count). The second-order valence-electron chi connectivity index (χ2n) is 9.46. The van der Waals surface area contributed by atoms with Crippen LogP contribution in [0.2, 0.25) is 0 Å². The monoisotopic (exact) mass is 415 g/mol. The Balaban J connectivity index is 1.81. The number of Topliss-reactive ketones (excluding diaryl/α,β-unsaturated/α-hetero) is 1. The summed E-state index contributed by atoms with van der Waals surface area (Å²) in [4.78, 5) is 31.1. The van der Waals surface area contributed by atoms with Crippen LogP contribution in [0.15, 0.2) is 65.1 Å². The second-order valence-corrected chi connectivity index (χ2v) is 9.46. The molecular weight excluding hydrogens is 386 g/mol. The smallest absolute Gasteiger partial charge is 0.255 e. The van der Waals surface area contributed by atoms with Crippen LogP contribution in [0.1, 0.15) is 56.2 Å². The van der Waals surface area contributed by atoms with Gasteiger partial charge in [-0.25, -0.2) is 4.98 Å². The van der Waals surface area contributed by atoms with E-state index in [1.807, 2.05) is 51.1 Å². The molecule has 1 aromatic heterocycles. The quantitative estimate of drug-likeness (QED) is 0.745. The number of nitrogens with one attached hydrogen (secondary N) is 2. The summed E-state index contributed by atoms with van der Waals surface area (Å²) in [6.45, 7) is 10.1. The molecule has 2 N–H and O–H groups in total. The first-order chi connectivity index (χ1) is 14.7. The number of carbonyl (C=O) groups is 2. The van der Waals surface area contributed by atoms with Crippen molar-refractivity contribution >= 4 is 17.5 Å². The molecule has 1 unspecified atom stereocenters. The molecule has 1 amide bonds. The fourth-order valence-corrected chi connectivity index (χ4v) is 4.68. The molecule has 5 nitrogen and oxygen atoms in total. The van der Waals surface area contributed by atoms with Gasteiger partial charge in [-0.3, -0.25) is 9.59 Å². The predicted octanol–water partition coefficient (Wildman–Crippen LogP) is 4.94. The first-order valence-electron chi connectivity index (χ1n) is 10.7. The number of dihydropyridines is 1. The average Bonchev–Trinajstić information content (AvgIpc) is 2.68. The van der Waals surface area contributed by atoms with Crippen LogP contribution in [-0.2, 0) is 9.59 Å². The number of anilines is 1. The lowest BCUT2D eigenvalue weighted by atomic mass is 9.68. The fraction of sp³-hybridized carbons (Fsp3) is 0.346. The first-order valence-corrected chi connectivity index (χ1v) is 10.7. The van der Waals surface area contributed by atoms with Gasteiger partial charge >= 0.3 is 0 Å². The van der Waals surface area contributed by atoms with Crippen molar-refractivity contribution in [1.82, 2.24) is 10.3 Å². The number of allylic oxidation sites excluding steroid dienone is 3. The predicted molar refractivity (Wildman–Crippen MR) is 122 cm³/mol. The molecule has 1 atom stereocenters. The van der Waals surface area contributed by atoms with Crippen LogP contribution in [0, 0.1) is 19.3 Å². The standard InChI is InChI=1S/C26H29N3O2/c1-15-10-11-21(27-14-15)29-25(31)22-17(3)28-19-12-26(4,5)13-20(30)24(19)23(22)18-9-7-6-8-16(18)2/h6-11,14,23,28H,12-13H2,1-5H3,(H,27,29,31). The largest absolute Gasteiger partial charge is 0.362 e. The normalized spacial score (nSPS) is 20.3. The maximum atomic E-state index is 13.5. The van der Waals surface area contributed by atoms with E-state index in [9.17, 15) is 9.59 Å². The van der Waals surface area contributed by atoms with Gasteiger partial charge in [-0.05, 0) is 55.4 Å². The minimum atomic E-state index is -0.397. The summed E-state index contributed by atoms with van der Waals surface area (Å²) < 4.78 is 0. The summed E-state index contributed by atoms with van der Waals surface area (Å²) in [5.41, 5.74) is 5.99. The molecule has 2 aliphatic rings. The van der Waals surface area contributed by atoms with E-state index < -0.39 is 5.92 Å². The molecular formula is C26H29N3O2. The third-order valence-corrected chi connectivity index (χ3v) is 6.14. The third-order valence-electron chi connectivity index (χ3n) is 6.14. The summed E-state index contributed by atoms with van der Waals surface area (Å²) in [5, 5.41) is 6.34. The molecule has 1 aliphatic carbocycles. The SMILES string of the molecule is CC1=C(C(=O)Nc2ccc(C)cn2)C(c2ccccc2C)C2=C(CC(C)(C)CC2=O)N1. The van der Waals surface area contributed by atoms with Gasteiger partial charge in [0.05, 0.1) is 0 Å². The van der Waals surface area contributed by atoms with Crippen LogP contribution in [0.25, 0.3) is 0 Å². The van der Waals surface area contributed by atoms with Crippen molar-refractivity contribution in [3.05, 3.63) is 81.8 Å². The van der Waals surface area contributed by atoms with Crippen LogP contribution >= 0.6 is 0 Å². The lowest BCUT2D eigenvalue weighted by Crippen LogP contribution is -2.39. The summed E-state index contributed by atoms with van der Waals surface area (Å²) >= 11 is 0. The molecule has 0 bridgehead atoms. The summed E-state index contributed by atoms with van der Waals surface area (Å²) in [6, 6.07) is 11.7. The molecule has 0 saturated carbocycles. The van der Waals surface area contributed by atoms with Crippen molar-refractivity contribution in [2.24, 2.45) is 5.41 Å². The number of pyridine rings is 1. The van der Waals surface area contributed by atoms with Gasteiger partial charge in [-0.2, -0.15) is 0 Å². The number of ketones is 1. The first kappa shape index (κ1) is 21.0.